The summed E-state index contributed by atoms with van der Waals surface area (Å²) in [5, 5.41) is 5.15. The van der Waals surface area contributed by atoms with Gasteiger partial charge < -0.3 is 15.4 Å². The fraction of sp³-hybridized carbons (Fsp3) is 0.450. The van der Waals surface area contributed by atoms with Gasteiger partial charge >= 0.3 is 12.0 Å². The van der Waals surface area contributed by atoms with Gasteiger partial charge in [-0.3, -0.25) is 24.1 Å². The zero-order valence-corrected chi connectivity index (χ0v) is 16.9. The summed E-state index contributed by atoms with van der Waals surface area (Å²) in [5.74, 6) is -1.63. The standard InChI is InChI=1S/C20H25N3O6/c1-12(24)14-7-5-8-15(11-14)21-17(26)13(2)29-16(25)9-6-10-23-18(27)20(3,4)22-19(23)28/h5,7-8,11,13H,6,9-10H2,1-4H3,(H,21,26)(H,22,28)/t13-/m0/s1. The predicted octanol–water partition coefficient (Wildman–Crippen LogP) is 1.87. The maximum Gasteiger partial charge on any atom is 0.325 e. The second-order valence-electron chi connectivity index (χ2n) is 7.37. The van der Waals surface area contributed by atoms with E-state index in [0.717, 1.165) is 4.90 Å². The van der Waals surface area contributed by atoms with Gasteiger partial charge in [0, 0.05) is 24.2 Å². The average Bonchev–Trinajstić information content (AvgIpc) is 2.83. The number of urea groups is 1. The average molecular weight is 403 g/mol. The van der Waals surface area contributed by atoms with Crippen molar-refractivity contribution in [1.82, 2.24) is 10.2 Å². The Bertz CT molecular complexity index is 848. The molecule has 0 radical (unpaired) electrons. The molecule has 1 aromatic rings. The van der Waals surface area contributed by atoms with Crippen LogP contribution in [0.1, 0.15) is 50.9 Å². The van der Waals surface area contributed by atoms with Gasteiger partial charge in [0.2, 0.25) is 0 Å². The molecule has 1 fully saturated rings. The molecule has 1 aliphatic rings. The molecule has 0 saturated carbocycles. The molecule has 2 rings (SSSR count). The summed E-state index contributed by atoms with van der Waals surface area (Å²) < 4.78 is 5.10. The highest BCUT2D eigenvalue weighted by molar-refractivity contribution is 6.06. The van der Waals surface area contributed by atoms with Gasteiger partial charge in [-0.1, -0.05) is 12.1 Å². The number of esters is 1. The normalized spacial score (nSPS) is 16.2. The molecule has 1 atom stereocenters. The summed E-state index contributed by atoms with van der Waals surface area (Å²) in [6, 6.07) is 5.94. The number of ketones is 1. The van der Waals surface area contributed by atoms with Crippen LogP contribution in [-0.2, 0) is 19.1 Å². The van der Waals surface area contributed by atoms with E-state index in [1.807, 2.05) is 0 Å². The van der Waals surface area contributed by atoms with Gasteiger partial charge in [-0.15, -0.1) is 0 Å². The fourth-order valence-electron chi connectivity index (χ4n) is 2.77. The monoisotopic (exact) mass is 403 g/mol. The largest absolute Gasteiger partial charge is 0.453 e. The summed E-state index contributed by atoms with van der Waals surface area (Å²) in [4.78, 5) is 60.5. The molecule has 0 aromatic heterocycles. The van der Waals surface area contributed by atoms with Crippen molar-refractivity contribution >= 4 is 35.3 Å². The van der Waals surface area contributed by atoms with E-state index in [0.29, 0.717) is 11.3 Å². The van der Waals surface area contributed by atoms with Crippen molar-refractivity contribution < 1.29 is 28.7 Å². The fourth-order valence-corrected chi connectivity index (χ4v) is 2.77. The maximum atomic E-state index is 12.2. The van der Waals surface area contributed by atoms with Gasteiger partial charge in [0.25, 0.3) is 11.8 Å². The third-order valence-corrected chi connectivity index (χ3v) is 4.42. The number of carbonyl (C=O) groups excluding carboxylic acids is 5. The molecule has 0 spiro atoms. The van der Waals surface area contributed by atoms with Gasteiger partial charge in [-0.25, -0.2) is 4.79 Å². The predicted molar refractivity (Wildman–Crippen MR) is 104 cm³/mol. The molecule has 29 heavy (non-hydrogen) atoms. The minimum absolute atomic E-state index is 0.0467. The molecular formula is C20H25N3O6. The van der Waals surface area contributed by atoms with Crippen LogP contribution in [0.5, 0.6) is 0 Å². The summed E-state index contributed by atoms with van der Waals surface area (Å²) in [7, 11) is 0. The first-order chi connectivity index (χ1) is 13.5. The number of carbonyl (C=O) groups is 5. The topological polar surface area (TPSA) is 122 Å². The lowest BCUT2D eigenvalue weighted by Gasteiger charge is -2.16. The Morgan fingerprint density at radius 1 is 1.24 bits per heavy atom. The Hall–Kier alpha value is -3.23. The van der Waals surface area contributed by atoms with Crippen LogP contribution >= 0.6 is 0 Å². The smallest absolute Gasteiger partial charge is 0.325 e. The van der Waals surface area contributed by atoms with E-state index in [1.54, 1.807) is 32.0 Å². The second-order valence-corrected chi connectivity index (χ2v) is 7.37. The Morgan fingerprint density at radius 3 is 2.52 bits per heavy atom. The van der Waals surface area contributed by atoms with Crippen molar-refractivity contribution in [3.05, 3.63) is 29.8 Å². The molecule has 4 amide bonds. The third kappa shape index (κ3) is 5.63. The van der Waals surface area contributed by atoms with Gasteiger partial charge in [-0.2, -0.15) is 0 Å². The van der Waals surface area contributed by atoms with Crippen molar-refractivity contribution in [3.63, 3.8) is 0 Å². The van der Waals surface area contributed by atoms with E-state index in [4.69, 9.17) is 4.74 Å². The summed E-state index contributed by atoms with van der Waals surface area (Å²) >= 11 is 0. The van der Waals surface area contributed by atoms with E-state index in [1.165, 1.54) is 19.9 Å². The van der Waals surface area contributed by atoms with Crippen LogP contribution in [0.2, 0.25) is 0 Å². The zero-order chi connectivity index (χ0) is 21.8. The number of hydrogen-bond donors (Lipinski definition) is 2. The Morgan fingerprint density at radius 2 is 1.93 bits per heavy atom. The highest BCUT2D eigenvalue weighted by Crippen LogP contribution is 2.17. The molecule has 9 nitrogen and oxygen atoms in total. The highest BCUT2D eigenvalue weighted by Gasteiger charge is 2.43. The number of nitrogens with zero attached hydrogens (tertiary/aromatic N) is 1. The number of imide groups is 1. The molecule has 9 heteroatoms. The van der Waals surface area contributed by atoms with Crippen LogP contribution in [0.3, 0.4) is 0 Å². The van der Waals surface area contributed by atoms with Crippen LogP contribution < -0.4 is 10.6 Å². The number of benzene rings is 1. The van der Waals surface area contributed by atoms with E-state index in [-0.39, 0.29) is 31.1 Å². The van der Waals surface area contributed by atoms with Crippen LogP contribution in [0, 0.1) is 0 Å². The van der Waals surface area contributed by atoms with Crippen LogP contribution in [-0.4, -0.2) is 52.7 Å². The SMILES string of the molecule is CC(=O)c1cccc(NC(=O)[C@H](C)OC(=O)CCCN2C(=O)NC(C)(C)C2=O)c1. The molecule has 0 bridgehead atoms. The number of hydrogen-bond acceptors (Lipinski definition) is 6. The lowest BCUT2D eigenvalue weighted by molar-refractivity contribution is -0.153. The minimum Gasteiger partial charge on any atom is -0.453 e. The Balaban J connectivity index is 1.79. The molecule has 0 unspecified atom stereocenters. The van der Waals surface area contributed by atoms with Crippen molar-refractivity contribution in [3.8, 4) is 0 Å². The van der Waals surface area contributed by atoms with Crippen molar-refractivity contribution in [2.24, 2.45) is 0 Å². The number of rotatable bonds is 8. The van der Waals surface area contributed by atoms with E-state index in [2.05, 4.69) is 10.6 Å². The maximum absolute atomic E-state index is 12.2. The lowest BCUT2D eigenvalue weighted by Crippen LogP contribution is -2.40. The van der Waals surface area contributed by atoms with Gasteiger partial charge in [-0.05, 0) is 46.2 Å². The minimum atomic E-state index is -1.04. The second kappa shape index (κ2) is 8.85. The van der Waals surface area contributed by atoms with Gasteiger partial charge in [0.15, 0.2) is 11.9 Å². The number of amides is 4. The Kier molecular flexibility index (Phi) is 6.73. The quantitative estimate of drug-likeness (QED) is 0.388. The molecular weight excluding hydrogens is 378 g/mol. The van der Waals surface area contributed by atoms with Crippen LogP contribution in [0.15, 0.2) is 24.3 Å². The van der Waals surface area contributed by atoms with Crippen molar-refractivity contribution in [2.45, 2.75) is 52.2 Å². The molecule has 2 N–H and O–H groups in total. The molecule has 1 aliphatic heterocycles. The highest BCUT2D eigenvalue weighted by atomic mass is 16.5. The first-order valence-electron chi connectivity index (χ1n) is 9.26. The summed E-state index contributed by atoms with van der Waals surface area (Å²) in [5.41, 5.74) is -0.0768. The third-order valence-electron chi connectivity index (χ3n) is 4.42. The first kappa shape index (κ1) is 22.1. The molecule has 1 heterocycles. The first-order valence-corrected chi connectivity index (χ1v) is 9.26. The van der Waals surface area contributed by atoms with E-state index >= 15 is 0 Å². The zero-order valence-electron chi connectivity index (χ0n) is 16.9. The van der Waals surface area contributed by atoms with Gasteiger partial charge in [0.1, 0.15) is 5.54 Å². The molecule has 156 valence electrons. The molecule has 1 saturated heterocycles. The Labute approximate surface area is 168 Å². The number of nitrogens with one attached hydrogen (secondary N) is 2. The summed E-state index contributed by atoms with van der Waals surface area (Å²) in [6.07, 6.45) is -0.864. The number of Topliss-reactive ketones (excluding diaryl/α,β-unsaturated/α-hetero) is 1. The van der Waals surface area contributed by atoms with Crippen molar-refractivity contribution in [1.29, 1.82) is 0 Å². The van der Waals surface area contributed by atoms with E-state index in [9.17, 15) is 24.0 Å². The molecule has 0 aliphatic carbocycles. The van der Waals surface area contributed by atoms with Crippen LogP contribution in [0.4, 0.5) is 10.5 Å². The van der Waals surface area contributed by atoms with E-state index < -0.39 is 29.6 Å². The molecule has 1 aromatic carbocycles. The van der Waals surface area contributed by atoms with Crippen molar-refractivity contribution in [2.75, 3.05) is 11.9 Å². The van der Waals surface area contributed by atoms with Gasteiger partial charge in [0.05, 0.1) is 0 Å². The van der Waals surface area contributed by atoms with Crippen LogP contribution in [0.25, 0.3) is 0 Å². The number of ether oxygens (including phenoxy) is 1. The summed E-state index contributed by atoms with van der Waals surface area (Å²) in [6.45, 7) is 6.15. The lowest BCUT2D eigenvalue weighted by atomic mass is 10.1. The number of anilines is 1.